The van der Waals surface area contributed by atoms with E-state index in [1.165, 1.54) is 11.8 Å². The Morgan fingerprint density at radius 3 is 2.80 bits per heavy atom. The van der Waals surface area contributed by atoms with Gasteiger partial charge in [-0.2, -0.15) is 0 Å². The summed E-state index contributed by atoms with van der Waals surface area (Å²) in [5.74, 6) is -0.122. The van der Waals surface area contributed by atoms with Crippen molar-refractivity contribution in [3.63, 3.8) is 0 Å². The number of carboxylic acid groups (broad SMARTS) is 1. The Balaban J connectivity index is 2.14. The minimum atomic E-state index is -0.847. The topological polar surface area (TPSA) is 69.6 Å². The molecule has 1 unspecified atom stereocenters. The van der Waals surface area contributed by atoms with Gasteiger partial charge < -0.3 is 10.2 Å². The fraction of sp³-hybridized carbons (Fsp3) is 0.300. The van der Waals surface area contributed by atoms with Crippen molar-refractivity contribution in [3.05, 3.63) is 29.8 Å². The molecule has 4 nitrogen and oxygen atoms in total. The molecule has 1 aliphatic heterocycles. The van der Waals surface area contributed by atoms with Crippen LogP contribution in [-0.2, 0) is 4.79 Å². The Morgan fingerprint density at radius 1 is 1.47 bits per heavy atom. The van der Waals surface area contributed by atoms with Crippen molar-refractivity contribution in [1.29, 1.82) is 0 Å². The van der Waals surface area contributed by atoms with Crippen LogP contribution in [0.4, 0.5) is 0 Å². The number of phenolic OH excluding ortho intramolecular Hbond substituents is 1. The van der Waals surface area contributed by atoms with Gasteiger partial charge in [-0.15, -0.1) is 11.8 Å². The molecule has 2 atom stereocenters. The second-order valence-electron chi connectivity index (χ2n) is 3.33. The molecule has 3 N–H and O–H groups in total. The van der Waals surface area contributed by atoms with Crippen LogP contribution < -0.4 is 5.32 Å². The van der Waals surface area contributed by atoms with Gasteiger partial charge in [-0.1, -0.05) is 18.2 Å². The zero-order valence-corrected chi connectivity index (χ0v) is 8.70. The first-order chi connectivity index (χ1) is 7.18. The van der Waals surface area contributed by atoms with Crippen LogP contribution in [0.25, 0.3) is 0 Å². The minimum Gasteiger partial charge on any atom is -0.508 e. The van der Waals surface area contributed by atoms with Gasteiger partial charge in [0.1, 0.15) is 11.8 Å². The second kappa shape index (κ2) is 4.12. The van der Waals surface area contributed by atoms with Crippen molar-refractivity contribution in [2.75, 3.05) is 5.75 Å². The highest BCUT2D eigenvalue weighted by Crippen LogP contribution is 2.36. The second-order valence-corrected chi connectivity index (χ2v) is 4.47. The molecule has 1 heterocycles. The van der Waals surface area contributed by atoms with Gasteiger partial charge >= 0.3 is 5.97 Å². The fourth-order valence-corrected chi connectivity index (χ4v) is 2.77. The van der Waals surface area contributed by atoms with E-state index in [-0.39, 0.29) is 11.1 Å². The van der Waals surface area contributed by atoms with E-state index in [1.807, 2.05) is 6.07 Å². The van der Waals surface area contributed by atoms with Gasteiger partial charge in [-0.25, -0.2) is 0 Å². The molecule has 1 aromatic carbocycles. The predicted octanol–water partition coefficient (Wildman–Crippen LogP) is 1.18. The Kier molecular flexibility index (Phi) is 2.83. The maximum Gasteiger partial charge on any atom is 0.321 e. The summed E-state index contributed by atoms with van der Waals surface area (Å²) in [6.45, 7) is 0. The van der Waals surface area contributed by atoms with E-state index < -0.39 is 12.0 Å². The van der Waals surface area contributed by atoms with E-state index in [9.17, 15) is 9.90 Å². The minimum absolute atomic E-state index is 0.132. The third kappa shape index (κ3) is 2.08. The van der Waals surface area contributed by atoms with Crippen LogP contribution in [0, 0.1) is 0 Å². The molecule has 1 fully saturated rings. The summed E-state index contributed by atoms with van der Waals surface area (Å²) in [5.41, 5.74) is 0.742. The lowest BCUT2D eigenvalue weighted by atomic mass is 10.2. The predicted molar refractivity (Wildman–Crippen MR) is 57.9 cm³/mol. The number of carboxylic acids is 1. The number of phenols is 1. The zero-order valence-electron chi connectivity index (χ0n) is 7.88. The molecule has 1 aliphatic rings. The van der Waals surface area contributed by atoms with Crippen molar-refractivity contribution in [1.82, 2.24) is 5.32 Å². The van der Waals surface area contributed by atoms with Crippen LogP contribution in [0.15, 0.2) is 24.3 Å². The highest BCUT2D eigenvalue weighted by molar-refractivity contribution is 7.99. The Bertz CT molecular complexity index is 383. The summed E-state index contributed by atoms with van der Waals surface area (Å²) in [4.78, 5) is 10.7. The first-order valence-electron chi connectivity index (χ1n) is 4.57. The van der Waals surface area contributed by atoms with Crippen molar-refractivity contribution in [2.45, 2.75) is 11.4 Å². The Morgan fingerprint density at radius 2 is 2.20 bits per heavy atom. The van der Waals surface area contributed by atoms with Gasteiger partial charge in [0.15, 0.2) is 0 Å². The van der Waals surface area contributed by atoms with Crippen LogP contribution in [0.2, 0.25) is 0 Å². The molecule has 15 heavy (non-hydrogen) atoms. The molecule has 1 saturated heterocycles. The molecule has 0 aromatic heterocycles. The Hall–Kier alpha value is -1.20. The molecule has 5 heteroatoms. The molecule has 80 valence electrons. The molecule has 0 aliphatic carbocycles. The van der Waals surface area contributed by atoms with Gasteiger partial charge in [0.25, 0.3) is 0 Å². The first kappa shape index (κ1) is 10.3. The highest BCUT2D eigenvalue weighted by Gasteiger charge is 2.31. The first-order valence-corrected chi connectivity index (χ1v) is 5.61. The van der Waals surface area contributed by atoms with Gasteiger partial charge in [0.2, 0.25) is 0 Å². The standard InChI is InChI=1S/C10H11NO3S/c12-8-4-2-1-3-6(8)9-11-7(5-15-9)10(13)14/h1-4,7,9,11-12H,5H2,(H,13,14)/t7?,9-/m1/s1. The van der Waals surface area contributed by atoms with E-state index in [2.05, 4.69) is 5.32 Å². The number of nitrogens with one attached hydrogen (secondary N) is 1. The molecule has 0 saturated carbocycles. The number of aromatic hydroxyl groups is 1. The molecular weight excluding hydrogens is 214 g/mol. The van der Waals surface area contributed by atoms with Crippen molar-refractivity contribution in [3.8, 4) is 5.75 Å². The molecule has 0 amide bonds. The molecular formula is C10H11NO3S. The number of aliphatic carboxylic acids is 1. The quantitative estimate of drug-likeness (QED) is 0.705. The Labute approximate surface area is 91.3 Å². The van der Waals surface area contributed by atoms with E-state index in [0.717, 1.165) is 5.56 Å². The van der Waals surface area contributed by atoms with Crippen molar-refractivity contribution >= 4 is 17.7 Å². The van der Waals surface area contributed by atoms with Crippen LogP contribution >= 0.6 is 11.8 Å². The highest BCUT2D eigenvalue weighted by atomic mass is 32.2. The monoisotopic (exact) mass is 225 g/mol. The number of benzene rings is 1. The van der Waals surface area contributed by atoms with E-state index >= 15 is 0 Å². The third-order valence-electron chi connectivity index (χ3n) is 2.30. The summed E-state index contributed by atoms with van der Waals surface area (Å²) in [6, 6.07) is 6.44. The number of hydrogen-bond acceptors (Lipinski definition) is 4. The average Bonchev–Trinajstić information content (AvgIpc) is 2.67. The lowest BCUT2D eigenvalue weighted by Gasteiger charge is -2.12. The molecule has 2 rings (SSSR count). The van der Waals surface area contributed by atoms with Gasteiger partial charge in [0.05, 0.1) is 5.37 Å². The molecule has 0 radical (unpaired) electrons. The SMILES string of the molecule is O=C(O)C1CS[C@H](c2ccccc2O)N1. The van der Waals surface area contributed by atoms with E-state index in [0.29, 0.717) is 5.75 Å². The van der Waals surface area contributed by atoms with Gasteiger partial charge in [-0.05, 0) is 6.07 Å². The van der Waals surface area contributed by atoms with Crippen molar-refractivity contribution in [2.24, 2.45) is 0 Å². The van der Waals surface area contributed by atoms with Crippen molar-refractivity contribution < 1.29 is 15.0 Å². The largest absolute Gasteiger partial charge is 0.508 e. The van der Waals surface area contributed by atoms with Gasteiger partial charge in [0, 0.05) is 11.3 Å². The molecule has 1 aromatic rings. The van der Waals surface area contributed by atoms with E-state index in [1.54, 1.807) is 18.2 Å². The maximum atomic E-state index is 10.7. The summed E-state index contributed by atoms with van der Waals surface area (Å²) in [6.07, 6.45) is 0. The lowest BCUT2D eigenvalue weighted by molar-refractivity contribution is -0.138. The maximum absolute atomic E-state index is 10.7. The number of rotatable bonds is 2. The van der Waals surface area contributed by atoms with E-state index in [4.69, 9.17) is 5.11 Å². The number of thioether (sulfide) groups is 1. The summed E-state index contributed by atoms with van der Waals surface area (Å²) >= 11 is 1.49. The van der Waals surface area contributed by atoms with Crippen LogP contribution in [0.3, 0.4) is 0 Å². The van der Waals surface area contributed by atoms with Crippen LogP contribution in [-0.4, -0.2) is 28.0 Å². The molecule has 0 spiro atoms. The lowest BCUT2D eigenvalue weighted by Crippen LogP contribution is -2.33. The van der Waals surface area contributed by atoms with Crippen LogP contribution in [0.1, 0.15) is 10.9 Å². The number of carbonyl (C=O) groups is 1. The fourth-order valence-electron chi connectivity index (χ4n) is 1.50. The normalized spacial score (nSPS) is 25.3. The van der Waals surface area contributed by atoms with Crippen LogP contribution in [0.5, 0.6) is 5.75 Å². The summed E-state index contributed by atoms with van der Waals surface area (Å²) in [7, 11) is 0. The number of para-hydroxylation sites is 1. The average molecular weight is 225 g/mol. The third-order valence-corrected chi connectivity index (χ3v) is 3.55. The summed E-state index contributed by atoms with van der Waals surface area (Å²) in [5, 5.41) is 21.2. The smallest absolute Gasteiger partial charge is 0.321 e. The summed E-state index contributed by atoms with van der Waals surface area (Å²) < 4.78 is 0. The zero-order chi connectivity index (χ0) is 10.8. The molecule has 0 bridgehead atoms. The number of hydrogen-bond donors (Lipinski definition) is 3. The van der Waals surface area contributed by atoms with Gasteiger partial charge in [-0.3, -0.25) is 10.1 Å².